The van der Waals surface area contributed by atoms with Gasteiger partial charge in [0.05, 0.1) is 6.10 Å². The summed E-state index contributed by atoms with van der Waals surface area (Å²) in [4.78, 5) is 13.0. The Hall–Kier alpha value is -1.35. The quantitative estimate of drug-likeness (QED) is 0.728. The van der Waals surface area contributed by atoms with Crippen LogP contribution in [0.25, 0.3) is 0 Å². The van der Waals surface area contributed by atoms with E-state index in [1.807, 2.05) is 19.1 Å². The number of methoxy groups -OCH3 is 1. The van der Waals surface area contributed by atoms with Crippen molar-refractivity contribution in [2.75, 3.05) is 25.1 Å². The van der Waals surface area contributed by atoms with Crippen LogP contribution in [0.2, 0.25) is 0 Å². The molecule has 1 unspecified atom stereocenters. The van der Waals surface area contributed by atoms with Gasteiger partial charge in [-0.1, -0.05) is 0 Å². The normalized spacial score (nSPS) is 20.1. The SMILES string of the molecule is COC1CCN(c2ccc(C=O)c(C)c2)C1. The topological polar surface area (TPSA) is 29.5 Å². The summed E-state index contributed by atoms with van der Waals surface area (Å²) in [5, 5.41) is 0. The van der Waals surface area contributed by atoms with Gasteiger partial charge in [0.25, 0.3) is 0 Å². The Kier molecular flexibility index (Phi) is 3.25. The summed E-state index contributed by atoms with van der Waals surface area (Å²) >= 11 is 0. The lowest BCUT2D eigenvalue weighted by atomic mass is 10.1. The van der Waals surface area contributed by atoms with Gasteiger partial charge in [0.1, 0.15) is 6.29 Å². The fourth-order valence-electron chi connectivity index (χ4n) is 2.14. The van der Waals surface area contributed by atoms with Crippen molar-refractivity contribution in [1.82, 2.24) is 0 Å². The van der Waals surface area contributed by atoms with Crippen molar-refractivity contribution in [3.8, 4) is 0 Å². The van der Waals surface area contributed by atoms with Gasteiger partial charge >= 0.3 is 0 Å². The highest BCUT2D eigenvalue weighted by molar-refractivity contribution is 5.78. The first-order valence-electron chi connectivity index (χ1n) is 5.58. The summed E-state index contributed by atoms with van der Waals surface area (Å²) in [7, 11) is 1.76. The molecule has 16 heavy (non-hydrogen) atoms. The minimum absolute atomic E-state index is 0.339. The molecule has 1 aliphatic rings. The fourth-order valence-corrected chi connectivity index (χ4v) is 2.14. The lowest BCUT2D eigenvalue weighted by molar-refractivity contribution is 0.112. The van der Waals surface area contributed by atoms with Crippen LogP contribution in [0, 0.1) is 6.92 Å². The van der Waals surface area contributed by atoms with Gasteiger partial charge in [-0.3, -0.25) is 4.79 Å². The summed E-state index contributed by atoms with van der Waals surface area (Å²) in [5.74, 6) is 0. The predicted molar refractivity (Wildman–Crippen MR) is 64.2 cm³/mol. The van der Waals surface area contributed by atoms with E-state index in [9.17, 15) is 4.79 Å². The molecule has 1 fully saturated rings. The Labute approximate surface area is 96.0 Å². The zero-order valence-electron chi connectivity index (χ0n) is 9.77. The highest BCUT2D eigenvalue weighted by atomic mass is 16.5. The van der Waals surface area contributed by atoms with Crippen LogP contribution in [0.5, 0.6) is 0 Å². The van der Waals surface area contributed by atoms with Crippen LogP contribution in [-0.2, 0) is 4.74 Å². The van der Waals surface area contributed by atoms with E-state index >= 15 is 0 Å². The van der Waals surface area contributed by atoms with Crippen LogP contribution in [0.3, 0.4) is 0 Å². The van der Waals surface area contributed by atoms with Crippen molar-refractivity contribution >= 4 is 12.0 Å². The van der Waals surface area contributed by atoms with Gasteiger partial charge < -0.3 is 9.64 Å². The lowest BCUT2D eigenvalue weighted by Gasteiger charge is -2.19. The van der Waals surface area contributed by atoms with Gasteiger partial charge in [-0.2, -0.15) is 0 Å². The average Bonchev–Trinajstić information content (AvgIpc) is 2.77. The third-order valence-corrected chi connectivity index (χ3v) is 3.22. The Balaban J connectivity index is 2.16. The highest BCUT2D eigenvalue weighted by Crippen LogP contribution is 2.23. The summed E-state index contributed by atoms with van der Waals surface area (Å²) in [5.41, 5.74) is 2.99. The zero-order valence-corrected chi connectivity index (χ0v) is 9.77. The number of hydrogen-bond acceptors (Lipinski definition) is 3. The first kappa shape index (κ1) is 11.1. The van der Waals surface area contributed by atoms with Crippen LogP contribution >= 0.6 is 0 Å². The molecule has 0 saturated carbocycles. The summed E-state index contributed by atoms with van der Waals surface area (Å²) in [6.45, 7) is 3.94. The van der Waals surface area contributed by atoms with E-state index in [0.717, 1.165) is 36.9 Å². The van der Waals surface area contributed by atoms with E-state index in [0.29, 0.717) is 6.10 Å². The molecule has 3 nitrogen and oxygen atoms in total. The smallest absolute Gasteiger partial charge is 0.150 e. The molecule has 0 aliphatic carbocycles. The van der Waals surface area contributed by atoms with Gasteiger partial charge in [0.15, 0.2) is 0 Å². The first-order chi connectivity index (χ1) is 7.74. The number of anilines is 1. The van der Waals surface area contributed by atoms with Crippen molar-refractivity contribution in [1.29, 1.82) is 0 Å². The predicted octanol–water partition coefficient (Wildman–Crippen LogP) is 2.03. The molecular formula is C13H17NO2. The molecular weight excluding hydrogens is 202 g/mol. The van der Waals surface area contributed by atoms with E-state index in [1.54, 1.807) is 7.11 Å². The molecule has 86 valence electrons. The maximum Gasteiger partial charge on any atom is 0.150 e. The van der Waals surface area contributed by atoms with Gasteiger partial charge in [-0.15, -0.1) is 0 Å². The second-order valence-corrected chi connectivity index (χ2v) is 4.25. The standard InChI is InChI=1S/C13H17NO2/c1-10-7-12(4-3-11(10)9-15)14-6-5-13(8-14)16-2/h3-4,7,9,13H,5-6,8H2,1-2H3. The lowest BCUT2D eigenvalue weighted by Crippen LogP contribution is -2.22. The third kappa shape index (κ3) is 2.09. The largest absolute Gasteiger partial charge is 0.380 e. The summed E-state index contributed by atoms with van der Waals surface area (Å²) < 4.78 is 5.34. The Morgan fingerprint density at radius 1 is 1.50 bits per heavy atom. The molecule has 0 amide bonds. The Morgan fingerprint density at radius 2 is 2.31 bits per heavy atom. The molecule has 0 bridgehead atoms. The zero-order chi connectivity index (χ0) is 11.5. The van der Waals surface area contributed by atoms with Gasteiger partial charge in [0, 0.05) is 31.5 Å². The van der Waals surface area contributed by atoms with Gasteiger partial charge in [-0.25, -0.2) is 0 Å². The van der Waals surface area contributed by atoms with Crippen LogP contribution in [0.4, 0.5) is 5.69 Å². The average molecular weight is 219 g/mol. The summed E-state index contributed by atoms with van der Waals surface area (Å²) in [6, 6.07) is 5.97. The van der Waals surface area contributed by atoms with Crippen LogP contribution in [0.15, 0.2) is 18.2 Å². The second kappa shape index (κ2) is 4.66. The minimum Gasteiger partial charge on any atom is -0.380 e. The number of aldehydes is 1. The molecule has 1 atom stereocenters. The highest BCUT2D eigenvalue weighted by Gasteiger charge is 2.22. The first-order valence-corrected chi connectivity index (χ1v) is 5.58. The van der Waals surface area contributed by atoms with Crippen LogP contribution in [0.1, 0.15) is 22.3 Å². The molecule has 1 aliphatic heterocycles. The molecule has 0 aromatic heterocycles. The molecule has 0 radical (unpaired) electrons. The number of aryl methyl sites for hydroxylation is 1. The van der Waals surface area contributed by atoms with Crippen LogP contribution < -0.4 is 4.90 Å². The van der Waals surface area contributed by atoms with Crippen molar-refractivity contribution in [2.24, 2.45) is 0 Å². The molecule has 2 rings (SSSR count). The van der Waals surface area contributed by atoms with Crippen molar-refractivity contribution in [2.45, 2.75) is 19.4 Å². The van der Waals surface area contributed by atoms with E-state index in [1.165, 1.54) is 5.69 Å². The monoisotopic (exact) mass is 219 g/mol. The summed E-state index contributed by atoms with van der Waals surface area (Å²) in [6.07, 6.45) is 2.32. The number of rotatable bonds is 3. The number of benzene rings is 1. The molecule has 1 aromatic rings. The number of nitrogens with zero attached hydrogens (tertiary/aromatic N) is 1. The second-order valence-electron chi connectivity index (χ2n) is 4.25. The van der Waals surface area contributed by atoms with E-state index in [-0.39, 0.29) is 0 Å². The molecule has 3 heteroatoms. The van der Waals surface area contributed by atoms with Crippen molar-refractivity contribution < 1.29 is 9.53 Å². The molecule has 1 heterocycles. The minimum atomic E-state index is 0.339. The molecule has 1 saturated heterocycles. The number of carbonyl (C=O) groups is 1. The van der Waals surface area contributed by atoms with E-state index in [4.69, 9.17) is 4.74 Å². The molecule has 0 N–H and O–H groups in total. The maximum absolute atomic E-state index is 10.7. The van der Waals surface area contributed by atoms with Crippen molar-refractivity contribution in [3.63, 3.8) is 0 Å². The fraction of sp³-hybridized carbons (Fsp3) is 0.462. The van der Waals surface area contributed by atoms with E-state index in [2.05, 4.69) is 11.0 Å². The van der Waals surface area contributed by atoms with Crippen LogP contribution in [-0.4, -0.2) is 32.6 Å². The van der Waals surface area contributed by atoms with Gasteiger partial charge in [-0.05, 0) is 37.1 Å². The molecule has 0 spiro atoms. The van der Waals surface area contributed by atoms with Crippen molar-refractivity contribution in [3.05, 3.63) is 29.3 Å². The number of ether oxygens (including phenoxy) is 1. The number of hydrogen-bond donors (Lipinski definition) is 0. The van der Waals surface area contributed by atoms with Gasteiger partial charge in [0.2, 0.25) is 0 Å². The molecule has 1 aromatic carbocycles. The Morgan fingerprint density at radius 3 is 2.88 bits per heavy atom. The van der Waals surface area contributed by atoms with E-state index < -0.39 is 0 Å². The Bertz CT molecular complexity index is 390. The maximum atomic E-state index is 10.7. The third-order valence-electron chi connectivity index (χ3n) is 3.22. The number of carbonyl (C=O) groups excluding carboxylic acids is 1.